The Morgan fingerprint density at radius 3 is 2.61 bits per heavy atom. The predicted molar refractivity (Wildman–Crippen MR) is 108 cm³/mol. The molecule has 2 N–H and O–H groups in total. The van der Waals surface area contributed by atoms with E-state index in [-0.39, 0.29) is 12.3 Å². The van der Waals surface area contributed by atoms with Crippen LogP contribution >= 0.6 is 0 Å². The van der Waals surface area contributed by atoms with E-state index in [0.717, 1.165) is 22.3 Å². The van der Waals surface area contributed by atoms with Crippen molar-refractivity contribution in [3.63, 3.8) is 0 Å². The molecule has 28 heavy (non-hydrogen) atoms. The molecule has 0 aliphatic heterocycles. The molecule has 5 nitrogen and oxygen atoms in total. The Labute approximate surface area is 161 Å². The summed E-state index contributed by atoms with van der Waals surface area (Å²) in [5.41, 5.74) is 2.86. The van der Waals surface area contributed by atoms with Crippen LogP contribution in [-0.4, -0.2) is 15.9 Å². The zero-order chi connectivity index (χ0) is 19.3. The average molecular weight is 372 g/mol. The maximum absolute atomic E-state index is 13.7. The van der Waals surface area contributed by atoms with Gasteiger partial charge in [-0.15, -0.1) is 0 Å². The summed E-state index contributed by atoms with van der Waals surface area (Å²) < 4.78 is 13.7. The molecule has 0 aliphatic carbocycles. The number of rotatable bonds is 5. The number of para-hydroxylation sites is 1. The Morgan fingerprint density at radius 1 is 0.929 bits per heavy atom. The Morgan fingerprint density at radius 2 is 1.79 bits per heavy atom. The molecule has 0 atom stereocenters. The van der Waals surface area contributed by atoms with E-state index >= 15 is 0 Å². The van der Waals surface area contributed by atoms with Gasteiger partial charge in [0, 0.05) is 11.6 Å². The van der Waals surface area contributed by atoms with Crippen LogP contribution < -0.4 is 10.6 Å². The number of carbonyl (C=O) groups excluding carboxylic acids is 1. The highest BCUT2D eigenvalue weighted by atomic mass is 19.1. The molecule has 2 aromatic heterocycles. The van der Waals surface area contributed by atoms with Gasteiger partial charge in [-0.25, -0.2) is 9.37 Å². The van der Waals surface area contributed by atoms with Crippen molar-refractivity contribution in [1.82, 2.24) is 9.97 Å². The smallest absolute Gasteiger partial charge is 0.230 e. The van der Waals surface area contributed by atoms with Gasteiger partial charge in [0.2, 0.25) is 5.91 Å². The van der Waals surface area contributed by atoms with E-state index in [1.165, 1.54) is 6.07 Å². The standard InChI is InChI=1S/C22H17FN4O/c23-18-8-2-1-5-16(18)13-21(28)27-20-11-10-17(14-25-20)26-19-9-3-6-15-7-4-12-24-22(15)19/h1-12,14,26H,13H2,(H,25,27,28). The average Bonchev–Trinajstić information content (AvgIpc) is 2.71. The molecule has 2 heterocycles. The van der Waals surface area contributed by atoms with E-state index in [9.17, 15) is 9.18 Å². The molecule has 6 heteroatoms. The number of amides is 1. The van der Waals surface area contributed by atoms with Crippen molar-refractivity contribution in [3.8, 4) is 0 Å². The largest absolute Gasteiger partial charge is 0.352 e. The molecular formula is C22H17FN4O. The van der Waals surface area contributed by atoms with E-state index in [2.05, 4.69) is 20.6 Å². The molecule has 0 saturated carbocycles. The summed E-state index contributed by atoms with van der Waals surface area (Å²) in [7, 11) is 0. The third-order valence-corrected chi connectivity index (χ3v) is 4.25. The molecular weight excluding hydrogens is 355 g/mol. The Kier molecular flexibility index (Phi) is 4.93. The summed E-state index contributed by atoms with van der Waals surface area (Å²) in [5.74, 6) is -0.312. The fourth-order valence-electron chi connectivity index (χ4n) is 2.90. The van der Waals surface area contributed by atoms with Gasteiger partial charge >= 0.3 is 0 Å². The third-order valence-electron chi connectivity index (χ3n) is 4.25. The fraction of sp³-hybridized carbons (Fsp3) is 0.0455. The van der Waals surface area contributed by atoms with Gasteiger partial charge in [0.15, 0.2) is 0 Å². The number of carbonyl (C=O) groups is 1. The number of benzene rings is 2. The topological polar surface area (TPSA) is 66.9 Å². The summed E-state index contributed by atoms with van der Waals surface area (Å²) in [6.45, 7) is 0. The second-order valence-corrected chi connectivity index (χ2v) is 6.25. The van der Waals surface area contributed by atoms with Crippen LogP contribution in [0.5, 0.6) is 0 Å². The van der Waals surface area contributed by atoms with Crippen molar-refractivity contribution in [2.45, 2.75) is 6.42 Å². The van der Waals surface area contributed by atoms with Gasteiger partial charge < -0.3 is 10.6 Å². The molecule has 4 aromatic rings. The third kappa shape index (κ3) is 3.96. The van der Waals surface area contributed by atoms with Crippen LogP contribution in [0.2, 0.25) is 0 Å². The predicted octanol–water partition coefficient (Wildman–Crippen LogP) is 4.69. The highest BCUT2D eigenvalue weighted by Gasteiger charge is 2.09. The van der Waals surface area contributed by atoms with Crippen LogP contribution in [0.25, 0.3) is 10.9 Å². The number of nitrogens with zero attached hydrogens (tertiary/aromatic N) is 2. The Balaban J connectivity index is 1.44. The molecule has 4 rings (SSSR count). The molecule has 1 amide bonds. The highest BCUT2D eigenvalue weighted by molar-refractivity contribution is 5.93. The number of hydrogen-bond acceptors (Lipinski definition) is 4. The van der Waals surface area contributed by atoms with Crippen LogP contribution in [0, 0.1) is 5.82 Å². The zero-order valence-electron chi connectivity index (χ0n) is 14.9. The monoisotopic (exact) mass is 372 g/mol. The van der Waals surface area contributed by atoms with Crippen molar-refractivity contribution in [2.24, 2.45) is 0 Å². The number of pyridine rings is 2. The van der Waals surface area contributed by atoms with Crippen molar-refractivity contribution in [3.05, 3.63) is 90.5 Å². The number of fused-ring (bicyclic) bond motifs is 1. The van der Waals surface area contributed by atoms with Crippen molar-refractivity contribution >= 4 is 34.0 Å². The molecule has 0 unspecified atom stereocenters. The second kappa shape index (κ2) is 7.84. The second-order valence-electron chi connectivity index (χ2n) is 6.25. The number of aromatic nitrogens is 2. The molecule has 0 aliphatic rings. The van der Waals surface area contributed by atoms with Gasteiger partial charge in [0.05, 0.1) is 29.5 Å². The van der Waals surface area contributed by atoms with Gasteiger partial charge in [-0.1, -0.05) is 36.4 Å². The Bertz CT molecular complexity index is 1120. The van der Waals surface area contributed by atoms with Crippen molar-refractivity contribution in [1.29, 1.82) is 0 Å². The lowest BCUT2D eigenvalue weighted by atomic mass is 10.1. The van der Waals surface area contributed by atoms with Crippen molar-refractivity contribution < 1.29 is 9.18 Å². The van der Waals surface area contributed by atoms with E-state index in [1.54, 1.807) is 36.7 Å². The lowest BCUT2D eigenvalue weighted by molar-refractivity contribution is -0.115. The minimum Gasteiger partial charge on any atom is -0.352 e. The first kappa shape index (κ1) is 17.6. The van der Waals surface area contributed by atoms with Crippen LogP contribution in [0.15, 0.2) is 79.1 Å². The van der Waals surface area contributed by atoms with Crippen LogP contribution in [0.4, 0.5) is 21.6 Å². The number of halogens is 1. The van der Waals surface area contributed by atoms with E-state index in [1.807, 2.05) is 36.4 Å². The molecule has 138 valence electrons. The van der Waals surface area contributed by atoms with Gasteiger partial charge in [-0.05, 0) is 35.9 Å². The van der Waals surface area contributed by atoms with Crippen molar-refractivity contribution in [2.75, 3.05) is 10.6 Å². The number of anilines is 3. The first-order valence-corrected chi connectivity index (χ1v) is 8.79. The molecule has 0 fully saturated rings. The van der Waals surface area contributed by atoms with Crippen LogP contribution in [0.3, 0.4) is 0 Å². The Hall–Kier alpha value is -3.80. The summed E-state index contributed by atoms with van der Waals surface area (Å²) in [6.07, 6.45) is 3.33. The summed E-state index contributed by atoms with van der Waals surface area (Å²) in [5, 5.41) is 7.01. The van der Waals surface area contributed by atoms with Gasteiger partial charge in [0.1, 0.15) is 11.6 Å². The summed E-state index contributed by atoms with van der Waals surface area (Å²) in [6, 6.07) is 19.5. The normalized spacial score (nSPS) is 10.6. The zero-order valence-corrected chi connectivity index (χ0v) is 14.9. The quantitative estimate of drug-likeness (QED) is 0.533. The van der Waals surface area contributed by atoms with Gasteiger partial charge in [-0.3, -0.25) is 9.78 Å². The first-order valence-electron chi connectivity index (χ1n) is 8.79. The SMILES string of the molecule is O=C(Cc1ccccc1F)Nc1ccc(Nc2cccc3cccnc23)cn1. The maximum atomic E-state index is 13.7. The maximum Gasteiger partial charge on any atom is 0.230 e. The van der Waals surface area contributed by atoms with Crippen LogP contribution in [0.1, 0.15) is 5.56 Å². The minimum absolute atomic E-state index is 0.0456. The van der Waals surface area contributed by atoms with Gasteiger partial charge in [0.25, 0.3) is 0 Å². The van der Waals surface area contributed by atoms with E-state index < -0.39 is 5.82 Å². The molecule has 0 radical (unpaired) electrons. The summed E-state index contributed by atoms with van der Waals surface area (Å²) in [4.78, 5) is 20.8. The lowest BCUT2D eigenvalue weighted by Crippen LogP contribution is -2.16. The van der Waals surface area contributed by atoms with E-state index in [4.69, 9.17) is 0 Å². The molecule has 0 bridgehead atoms. The summed E-state index contributed by atoms with van der Waals surface area (Å²) >= 11 is 0. The first-order chi connectivity index (χ1) is 13.7. The van der Waals surface area contributed by atoms with Crippen LogP contribution in [-0.2, 0) is 11.2 Å². The highest BCUT2D eigenvalue weighted by Crippen LogP contribution is 2.24. The number of hydrogen-bond donors (Lipinski definition) is 2. The fourth-order valence-corrected chi connectivity index (χ4v) is 2.90. The number of nitrogens with one attached hydrogen (secondary N) is 2. The minimum atomic E-state index is -0.395. The molecule has 0 saturated heterocycles. The molecule has 0 spiro atoms. The molecule has 2 aromatic carbocycles. The van der Waals surface area contributed by atoms with E-state index in [0.29, 0.717) is 11.4 Å². The van der Waals surface area contributed by atoms with Gasteiger partial charge in [-0.2, -0.15) is 0 Å². The lowest BCUT2D eigenvalue weighted by Gasteiger charge is -2.10.